The minimum Gasteiger partial charge on any atom is -0.478 e. The molecule has 12 heteroatoms. The van der Waals surface area contributed by atoms with Crippen molar-refractivity contribution in [3.05, 3.63) is 107 Å². The summed E-state index contributed by atoms with van der Waals surface area (Å²) in [4.78, 5) is 13.1. The molecule has 3 aromatic rings. The maximum Gasteiger partial charge on any atom is 0.335 e. The van der Waals surface area contributed by atoms with Gasteiger partial charge in [-0.3, -0.25) is 9.11 Å². The molecule has 236 valence electrons. The summed E-state index contributed by atoms with van der Waals surface area (Å²) in [5, 5.41) is 9.32. The van der Waals surface area contributed by atoms with Gasteiger partial charge in [0.25, 0.3) is 20.2 Å². The molecule has 3 aromatic carbocycles. The first-order valence-corrected chi connectivity index (χ1v) is 17.1. The highest BCUT2D eigenvalue weighted by molar-refractivity contribution is 7.86. The Bertz CT molecular complexity index is 2040. The number of carboxylic acids is 1. The zero-order valence-corrected chi connectivity index (χ0v) is 27.1. The van der Waals surface area contributed by atoms with E-state index in [1.165, 1.54) is 36.4 Å². The first-order chi connectivity index (χ1) is 20.9. The molecule has 0 spiro atoms. The van der Waals surface area contributed by atoms with Gasteiger partial charge in [0.15, 0.2) is 12.3 Å². The van der Waals surface area contributed by atoms with Gasteiger partial charge in [0.1, 0.15) is 0 Å². The van der Waals surface area contributed by atoms with Gasteiger partial charge >= 0.3 is 5.97 Å². The van der Waals surface area contributed by atoms with E-state index in [4.69, 9.17) is 0 Å². The zero-order valence-electron chi connectivity index (χ0n) is 25.5. The molecule has 3 N–H and O–H groups in total. The second kappa shape index (κ2) is 11.1. The molecule has 0 atom stereocenters. The van der Waals surface area contributed by atoms with Crippen molar-refractivity contribution in [1.29, 1.82) is 0 Å². The Labute approximate surface area is 263 Å². The Kier molecular flexibility index (Phi) is 7.94. The van der Waals surface area contributed by atoms with Crippen LogP contribution in [0.4, 0.5) is 11.4 Å². The fourth-order valence-electron chi connectivity index (χ4n) is 6.31. The Morgan fingerprint density at radius 3 is 1.98 bits per heavy atom. The molecule has 2 heterocycles. The van der Waals surface area contributed by atoms with E-state index in [0.29, 0.717) is 18.7 Å². The summed E-state index contributed by atoms with van der Waals surface area (Å²) in [6.07, 6.45) is 5.82. The summed E-state index contributed by atoms with van der Waals surface area (Å²) in [7, 11) is -8.82. The van der Waals surface area contributed by atoms with Crippen LogP contribution in [-0.4, -0.2) is 53.8 Å². The Balaban J connectivity index is 1.61. The van der Waals surface area contributed by atoms with E-state index in [-0.39, 0.29) is 15.4 Å². The molecular weight excluding hydrogens is 617 g/mol. The number of allylic oxidation sites excluding steroid dienone is 4. The van der Waals surface area contributed by atoms with E-state index in [9.17, 15) is 35.8 Å². The van der Waals surface area contributed by atoms with Gasteiger partial charge in [0.05, 0.1) is 20.8 Å². The lowest BCUT2D eigenvalue weighted by atomic mass is 9.81. The maximum atomic E-state index is 12.0. The van der Waals surface area contributed by atoms with Crippen LogP contribution in [0.1, 0.15) is 61.7 Å². The van der Waals surface area contributed by atoms with Crippen LogP contribution in [0, 0.1) is 0 Å². The lowest BCUT2D eigenvalue weighted by molar-refractivity contribution is -0.455. The van der Waals surface area contributed by atoms with Gasteiger partial charge in [-0.25, -0.2) is 4.79 Å². The molecule has 0 fully saturated rings. The van der Waals surface area contributed by atoms with Crippen molar-refractivity contribution in [3.63, 3.8) is 0 Å². The topological polar surface area (TPSA) is 152 Å². The van der Waals surface area contributed by atoms with E-state index in [1.54, 1.807) is 24.3 Å². The molecule has 10 nitrogen and oxygen atoms in total. The number of benzene rings is 3. The summed E-state index contributed by atoms with van der Waals surface area (Å²) < 4.78 is 69.2. The van der Waals surface area contributed by atoms with Crippen LogP contribution < -0.4 is 4.90 Å². The first kappa shape index (κ1) is 32.3. The van der Waals surface area contributed by atoms with Gasteiger partial charge < -0.3 is 10.0 Å². The molecule has 45 heavy (non-hydrogen) atoms. The van der Waals surface area contributed by atoms with E-state index in [1.807, 2.05) is 57.4 Å². The van der Waals surface area contributed by atoms with Crippen molar-refractivity contribution >= 4 is 43.3 Å². The monoisotopic (exact) mass is 651 g/mol. The second-order valence-corrected chi connectivity index (χ2v) is 15.0. The van der Waals surface area contributed by atoms with Crippen molar-refractivity contribution < 1.29 is 40.4 Å². The number of likely N-dealkylation sites (N-methyl/N-ethyl adjacent to an activating group) is 1. The van der Waals surface area contributed by atoms with Crippen molar-refractivity contribution in [3.8, 4) is 0 Å². The number of carbonyl (C=O) groups is 1. The minimum atomic E-state index is -4.44. The Morgan fingerprint density at radius 1 is 0.844 bits per heavy atom. The molecule has 0 aromatic heterocycles. The van der Waals surface area contributed by atoms with Gasteiger partial charge in [-0.05, 0) is 74.9 Å². The van der Waals surface area contributed by atoms with Gasteiger partial charge in [0.2, 0.25) is 5.69 Å². The third-order valence-electron chi connectivity index (χ3n) is 8.69. The first-order valence-electron chi connectivity index (χ1n) is 14.2. The van der Waals surface area contributed by atoms with E-state index >= 15 is 0 Å². The summed E-state index contributed by atoms with van der Waals surface area (Å²) in [6, 6.07) is 15.6. The van der Waals surface area contributed by atoms with Crippen LogP contribution in [0.15, 0.2) is 94.4 Å². The molecule has 0 aliphatic carbocycles. The van der Waals surface area contributed by atoms with Crippen LogP contribution in [0.25, 0.3) is 0 Å². The highest BCUT2D eigenvalue weighted by Crippen LogP contribution is 2.48. The molecule has 0 radical (unpaired) electrons. The van der Waals surface area contributed by atoms with Crippen molar-refractivity contribution in [1.82, 2.24) is 0 Å². The quantitative estimate of drug-likeness (QED) is 0.205. The number of carboxylic acid groups (broad SMARTS) is 1. The number of aromatic carboxylic acids is 1. The van der Waals surface area contributed by atoms with Crippen LogP contribution in [0.3, 0.4) is 0 Å². The Morgan fingerprint density at radius 2 is 1.42 bits per heavy atom. The molecule has 0 saturated heterocycles. The molecule has 0 unspecified atom stereocenters. The van der Waals surface area contributed by atoms with Crippen LogP contribution in [0.5, 0.6) is 0 Å². The minimum absolute atomic E-state index is 0.166. The average molecular weight is 652 g/mol. The van der Waals surface area contributed by atoms with Crippen LogP contribution in [0.2, 0.25) is 0 Å². The van der Waals surface area contributed by atoms with Crippen LogP contribution >= 0.6 is 0 Å². The van der Waals surface area contributed by atoms with Crippen molar-refractivity contribution in [2.45, 2.75) is 61.8 Å². The number of nitrogens with zero attached hydrogens (tertiary/aromatic N) is 2. The number of anilines is 1. The summed E-state index contributed by atoms with van der Waals surface area (Å²) in [6.45, 7) is 10.9. The van der Waals surface area contributed by atoms with Gasteiger partial charge in [-0.1, -0.05) is 32.1 Å². The third kappa shape index (κ3) is 5.74. The second-order valence-electron chi connectivity index (χ2n) is 12.2. The molecule has 2 aliphatic rings. The molecule has 0 bridgehead atoms. The summed E-state index contributed by atoms with van der Waals surface area (Å²) >= 11 is 0. The summed E-state index contributed by atoms with van der Waals surface area (Å²) in [5.74, 6) is -1.03. The van der Waals surface area contributed by atoms with E-state index < -0.39 is 37.0 Å². The SMILES string of the molecule is CCN1C(=CC=CC2=[N+](Cc3ccc(C(=O)O)cc3)c3ccc(S(=O)(=O)O)cc3C2(C)C)C(C)(C)c2cc(S(=O)(=O)O)ccc21. The van der Waals surface area contributed by atoms with Crippen molar-refractivity contribution in [2.24, 2.45) is 0 Å². The number of hydrogen-bond acceptors (Lipinski definition) is 6. The van der Waals surface area contributed by atoms with E-state index in [2.05, 4.69) is 4.90 Å². The van der Waals surface area contributed by atoms with Gasteiger partial charge in [-0.15, -0.1) is 0 Å². The van der Waals surface area contributed by atoms with E-state index in [0.717, 1.165) is 33.9 Å². The lowest BCUT2D eigenvalue weighted by Crippen LogP contribution is -2.28. The highest BCUT2D eigenvalue weighted by atomic mass is 32.2. The summed E-state index contributed by atoms with van der Waals surface area (Å²) in [5.41, 5.74) is 4.56. The normalized spacial score (nSPS) is 18.1. The molecule has 2 aliphatic heterocycles. The molecule has 0 amide bonds. The predicted octanol–water partition coefficient (Wildman–Crippen LogP) is 5.71. The number of hydrogen-bond donors (Lipinski definition) is 3. The molecule has 5 rings (SSSR count). The molecule has 0 saturated carbocycles. The standard InChI is InChI=1S/C33H34N2O8S2/c1-6-34-27-16-14-23(44(38,39)40)18-25(27)32(2,3)29(34)8-7-9-30-33(4,5)26-19-24(45(41,42)43)15-17-28(26)35(30)20-21-10-12-22(13-11-21)31(36)37/h7-19H,6,20H2,1-5H3,(H2-,36,37,38,39,40,41,42,43)/p+1. The highest BCUT2D eigenvalue weighted by Gasteiger charge is 2.45. The fraction of sp³-hybridized carbons (Fsp3) is 0.273. The maximum absolute atomic E-state index is 12.0. The van der Waals surface area contributed by atoms with Gasteiger partial charge in [-0.2, -0.15) is 21.4 Å². The zero-order chi connectivity index (χ0) is 33.1. The van der Waals surface area contributed by atoms with Crippen molar-refractivity contribution in [2.75, 3.05) is 11.4 Å². The molecular formula is C33H35N2O8S2+. The average Bonchev–Trinajstić information content (AvgIpc) is 3.30. The number of rotatable bonds is 8. The lowest BCUT2D eigenvalue weighted by Gasteiger charge is -2.25. The Hall–Kier alpha value is -4.10. The predicted molar refractivity (Wildman–Crippen MR) is 171 cm³/mol. The largest absolute Gasteiger partial charge is 0.478 e. The van der Waals surface area contributed by atoms with Crippen LogP contribution in [-0.2, 0) is 37.6 Å². The smallest absolute Gasteiger partial charge is 0.335 e. The third-order valence-corrected chi connectivity index (χ3v) is 10.4. The number of fused-ring (bicyclic) bond motifs is 2. The fourth-order valence-corrected chi connectivity index (χ4v) is 7.32. The van der Waals surface area contributed by atoms with Gasteiger partial charge in [0, 0.05) is 46.6 Å².